The summed E-state index contributed by atoms with van der Waals surface area (Å²) >= 11 is 12.3. The van der Waals surface area contributed by atoms with Gasteiger partial charge in [0.1, 0.15) is 11.5 Å². The molecule has 0 spiro atoms. The van der Waals surface area contributed by atoms with Crippen LogP contribution in [0.5, 0.6) is 11.5 Å². The Labute approximate surface area is 141 Å². The molecule has 0 aromatic heterocycles. The summed E-state index contributed by atoms with van der Waals surface area (Å²) in [6, 6.07) is 11.5. The molecule has 0 aliphatic carbocycles. The van der Waals surface area contributed by atoms with Gasteiger partial charge in [-0.2, -0.15) is 0 Å². The fraction of sp³-hybridized carbons (Fsp3) is 0.294. The van der Waals surface area contributed by atoms with Crippen LogP contribution in [0.25, 0.3) is 0 Å². The number of nitrogens with one attached hydrogen (secondary N) is 1. The minimum Gasteiger partial charge on any atom is -0.497 e. The van der Waals surface area contributed by atoms with Crippen LogP contribution in [0.15, 0.2) is 36.4 Å². The summed E-state index contributed by atoms with van der Waals surface area (Å²) in [4.78, 5) is 0. The Morgan fingerprint density at radius 2 is 1.77 bits per heavy atom. The average Bonchev–Trinajstić information content (AvgIpc) is 2.51. The van der Waals surface area contributed by atoms with E-state index >= 15 is 0 Å². The fourth-order valence-electron chi connectivity index (χ4n) is 2.14. The lowest BCUT2D eigenvalue weighted by molar-refractivity contribution is 0.335. The number of hydrogen-bond acceptors (Lipinski definition) is 3. The molecule has 3 nitrogen and oxygen atoms in total. The van der Waals surface area contributed by atoms with Crippen LogP contribution < -0.4 is 14.8 Å². The molecule has 5 heteroatoms. The minimum atomic E-state index is 0.538. The van der Waals surface area contributed by atoms with E-state index in [1.54, 1.807) is 13.2 Å². The van der Waals surface area contributed by atoms with Crippen LogP contribution in [0.3, 0.4) is 0 Å². The van der Waals surface area contributed by atoms with Crippen molar-refractivity contribution in [3.8, 4) is 11.5 Å². The summed E-state index contributed by atoms with van der Waals surface area (Å²) in [5.74, 6) is 1.54. The Balaban J connectivity index is 2.01. The molecule has 0 saturated carbocycles. The van der Waals surface area contributed by atoms with E-state index in [-0.39, 0.29) is 0 Å². The number of ether oxygens (including phenoxy) is 2. The molecule has 2 aromatic rings. The Morgan fingerprint density at radius 1 is 1.05 bits per heavy atom. The Morgan fingerprint density at radius 3 is 2.41 bits per heavy atom. The maximum atomic E-state index is 6.19. The quantitative estimate of drug-likeness (QED) is 0.793. The SMILES string of the molecule is CCOc1c(Cl)cc(Cl)cc1CNCc1ccc(OC)cc1. The highest BCUT2D eigenvalue weighted by atomic mass is 35.5. The maximum Gasteiger partial charge on any atom is 0.142 e. The smallest absolute Gasteiger partial charge is 0.142 e. The van der Waals surface area contributed by atoms with E-state index in [2.05, 4.69) is 5.32 Å². The predicted molar refractivity (Wildman–Crippen MR) is 91.2 cm³/mol. The molecule has 1 N–H and O–H groups in total. The summed E-state index contributed by atoms with van der Waals surface area (Å²) in [5.41, 5.74) is 2.12. The molecule has 0 bridgehead atoms. The van der Waals surface area contributed by atoms with E-state index in [1.807, 2.05) is 37.3 Å². The largest absolute Gasteiger partial charge is 0.497 e. The van der Waals surface area contributed by atoms with Crippen molar-refractivity contribution in [2.24, 2.45) is 0 Å². The van der Waals surface area contributed by atoms with E-state index in [0.29, 0.717) is 28.9 Å². The molecule has 0 radical (unpaired) electrons. The van der Waals surface area contributed by atoms with Gasteiger partial charge in [-0.15, -0.1) is 0 Å². The van der Waals surface area contributed by atoms with Crippen molar-refractivity contribution in [3.05, 3.63) is 57.6 Å². The van der Waals surface area contributed by atoms with E-state index in [0.717, 1.165) is 17.9 Å². The molecule has 2 rings (SSSR count). The molecule has 0 fully saturated rings. The molecule has 118 valence electrons. The van der Waals surface area contributed by atoms with Crippen molar-refractivity contribution < 1.29 is 9.47 Å². The third-order valence-corrected chi connectivity index (χ3v) is 3.68. The molecule has 0 amide bonds. The second-order valence-electron chi connectivity index (χ2n) is 4.76. The lowest BCUT2D eigenvalue weighted by atomic mass is 10.1. The maximum absolute atomic E-state index is 6.19. The third-order valence-electron chi connectivity index (χ3n) is 3.18. The van der Waals surface area contributed by atoms with Gasteiger partial charge in [0.25, 0.3) is 0 Å². The predicted octanol–water partition coefficient (Wildman–Crippen LogP) is 4.69. The molecule has 0 atom stereocenters. The second-order valence-corrected chi connectivity index (χ2v) is 5.60. The van der Waals surface area contributed by atoms with Crippen molar-refractivity contribution in [1.29, 1.82) is 0 Å². The summed E-state index contributed by atoms with van der Waals surface area (Å²) in [6.45, 7) is 3.85. The molecule has 2 aromatic carbocycles. The highest BCUT2D eigenvalue weighted by Crippen LogP contribution is 2.32. The third kappa shape index (κ3) is 4.54. The Kier molecular flexibility index (Phi) is 6.37. The average molecular weight is 340 g/mol. The highest BCUT2D eigenvalue weighted by Gasteiger charge is 2.10. The summed E-state index contributed by atoms with van der Waals surface area (Å²) in [5, 5.41) is 4.51. The van der Waals surface area contributed by atoms with Gasteiger partial charge >= 0.3 is 0 Å². The van der Waals surface area contributed by atoms with Crippen LogP contribution in [-0.4, -0.2) is 13.7 Å². The van der Waals surface area contributed by atoms with Crippen molar-refractivity contribution in [1.82, 2.24) is 5.32 Å². The molecule has 0 aliphatic heterocycles. The summed E-state index contributed by atoms with van der Waals surface area (Å²) in [6.07, 6.45) is 0. The zero-order valence-electron chi connectivity index (χ0n) is 12.7. The summed E-state index contributed by atoms with van der Waals surface area (Å²) < 4.78 is 10.8. The zero-order valence-corrected chi connectivity index (χ0v) is 14.2. The van der Waals surface area contributed by atoms with Crippen LogP contribution in [0.1, 0.15) is 18.1 Å². The van der Waals surface area contributed by atoms with Gasteiger partial charge in [-0.05, 0) is 36.8 Å². The molecular weight excluding hydrogens is 321 g/mol. The molecule has 0 saturated heterocycles. The lowest BCUT2D eigenvalue weighted by Crippen LogP contribution is -2.14. The van der Waals surface area contributed by atoms with Crippen LogP contribution in [0.2, 0.25) is 10.0 Å². The van der Waals surface area contributed by atoms with Crippen LogP contribution in [-0.2, 0) is 13.1 Å². The lowest BCUT2D eigenvalue weighted by Gasteiger charge is -2.13. The molecular formula is C17H19Cl2NO2. The van der Waals surface area contributed by atoms with Crippen molar-refractivity contribution in [3.63, 3.8) is 0 Å². The Hall–Kier alpha value is -1.42. The first-order valence-electron chi connectivity index (χ1n) is 7.08. The van der Waals surface area contributed by atoms with Gasteiger partial charge in [0.15, 0.2) is 0 Å². The van der Waals surface area contributed by atoms with Gasteiger partial charge in [0.05, 0.1) is 18.7 Å². The first kappa shape index (κ1) is 16.9. The molecule has 22 heavy (non-hydrogen) atoms. The zero-order chi connectivity index (χ0) is 15.9. The van der Waals surface area contributed by atoms with Gasteiger partial charge in [0, 0.05) is 23.7 Å². The van der Waals surface area contributed by atoms with Gasteiger partial charge in [0.2, 0.25) is 0 Å². The summed E-state index contributed by atoms with van der Waals surface area (Å²) in [7, 11) is 1.66. The van der Waals surface area contributed by atoms with E-state index in [4.69, 9.17) is 32.7 Å². The molecule has 0 unspecified atom stereocenters. The first-order valence-corrected chi connectivity index (χ1v) is 7.84. The number of methoxy groups -OCH3 is 1. The van der Waals surface area contributed by atoms with E-state index < -0.39 is 0 Å². The first-order chi connectivity index (χ1) is 10.6. The number of benzene rings is 2. The topological polar surface area (TPSA) is 30.5 Å². The van der Waals surface area contributed by atoms with Gasteiger partial charge in [-0.1, -0.05) is 35.3 Å². The number of rotatable bonds is 7. The fourth-order valence-corrected chi connectivity index (χ4v) is 2.73. The molecule has 0 heterocycles. The minimum absolute atomic E-state index is 0.538. The highest BCUT2D eigenvalue weighted by molar-refractivity contribution is 6.35. The van der Waals surface area contributed by atoms with E-state index in [1.165, 1.54) is 5.56 Å². The monoisotopic (exact) mass is 339 g/mol. The van der Waals surface area contributed by atoms with Crippen LogP contribution in [0.4, 0.5) is 0 Å². The Bertz CT molecular complexity index is 615. The van der Waals surface area contributed by atoms with Crippen molar-refractivity contribution in [2.45, 2.75) is 20.0 Å². The molecule has 0 aliphatic rings. The normalized spacial score (nSPS) is 10.5. The standard InChI is InChI=1S/C17H19Cl2NO2/c1-3-22-17-13(8-14(18)9-16(17)19)11-20-10-12-4-6-15(21-2)7-5-12/h4-9,20H,3,10-11H2,1-2H3. The van der Waals surface area contributed by atoms with Crippen LogP contribution in [0, 0.1) is 0 Å². The van der Waals surface area contributed by atoms with Gasteiger partial charge < -0.3 is 14.8 Å². The van der Waals surface area contributed by atoms with Crippen LogP contribution >= 0.6 is 23.2 Å². The van der Waals surface area contributed by atoms with Crippen molar-refractivity contribution in [2.75, 3.05) is 13.7 Å². The van der Waals surface area contributed by atoms with E-state index in [9.17, 15) is 0 Å². The number of halogens is 2. The van der Waals surface area contributed by atoms with Gasteiger partial charge in [-0.25, -0.2) is 0 Å². The van der Waals surface area contributed by atoms with Gasteiger partial charge in [-0.3, -0.25) is 0 Å². The second kappa shape index (κ2) is 8.28. The number of hydrogen-bond donors (Lipinski definition) is 1. The van der Waals surface area contributed by atoms with Crippen molar-refractivity contribution >= 4 is 23.2 Å².